The van der Waals surface area contributed by atoms with Gasteiger partial charge < -0.3 is 15.0 Å². The van der Waals surface area contributed by atoms with E-state index in [0.717, 1.165) is 24.3 Å². The van der Waals surface area contributed by atoms with E-state index in [1.165, 1.54) is 24.7 Å². The van der Waals surface area contributed by atoms with Crippen LogP contribution in [-0.4, -0.2) is 31.1 Å². The molecule has 1 saturated heterocycles. The van der Waals surface area contributed by atoms with Crippen LogP contribution in [0.25, 0.3) is 0 Å². The number of carbonyl (C=O) groups is 1. The third kappa shape index (κ3) is 3.44. The Morgan fingerprint density at radius 3 is 2.61 bits per heavy atom. The van der Waals surface area contributed by atoms with Crippen LogP contribution < -0.4 is 15.0 Å². The molecular weight excluding hydrogens is 290 g/mol. The zero-order chi connectivity index (χ0) is 16.2. The van der Waals surface area contributed by atoms with E-state index in [2.05, 4.69) is 27.3 Å². The van der Waals surface area contributed by atoms with Crippen LogP contribution in [-0.2, 0) is 0 Å². The maximum Gasteiger partial charge on any atom is 0.257 e. The predicted octanol–water partition coefficient (Wildman–Crippen LogP) is 3.25. The quantitative estimate of drug-likeness (QED) is 0.941. The number of pyridine rings is 1. The zero-order valence-corrected chi connectivity index (χ0v) is 13.5. The number of carbonyl (C=O) groups excluding carboxylic acids is 1. The molecule has 1 fully saturated rings. The average molecular weight is 311 g/mol. The summed E-state index contributed by atoms with van der Waals surface area (Å²) >= 11 is 0. The molecule has 5 heteroatoms. The van der Waals surface area contributed by atoms with Crippen molar-refractivity contribution < 1.29 is 9.53 Å². The molecule has 120 valence electrons. The summed E-state index contributed by atoms with van der Waals surface area (Å²) in [7, 11) is 1.55. The molecule has 0 aliphatic carbocycles. The molecule has 1 aromatic carbocycles. The molecule has 0 atom stereocenters. The van der Waals surface area contributed by atoms with Gasteiger partial charge in [0.25, 0.3) is 5.91 Å². The first-order valence-corrected chi connectivity index (χ1v) is 7.84. The van der Waals surface area contributed by atoms with Crippen LogP contribution in [0.1, 0.15) is 28.8 Å². The van der Waals surface area contributed by atoms with Gasteiger partial charge in [-0.25, -0.2) is 4.98 Å². The number of hydrogen-bond donors (Lipinski definition) is 1. The third-order valence-electron chi connectivity index (χ3n) is 4.14. The van der Waals surface area contributed by atoms with Gasteiger partial charge in [0.05, 0.1) is 12.7 Å². The Labute approximate surface area is 136 Å². The Bertz CT molecular complexity index is 692. The van der Waals surface area contributed by atoms with Gasteiger partial charge in [-0.05, 0) is 49.6 Å². The highest BCUT2D eigenvalue weighted by atomic mass is 16.5. The minimum atomic E-state index is -0.169. The standard InChI is InChI=1S/C18H21N3O2/c1-13-11-15(21-9-3-4-10-21)6-7-16(13)20-18(22)14-5-8-17(23-2)19-12-14/h5-8,11-12H,3-4,9-10H2,1-2H3,(H,20,22). The van der Waals surface area contributed by atoms with E-state index < -0.39 is 0 Å². The topological polar surface area (TPSA) is 54.5 Å². The Kier molecular flexibility index (Phi) is 4.46. The minimum absolute atomic E-state index is 0.169. The smallest absolute Gasteiger partial charge is 0.257 e. The summed E-state index contributed by atoms with van der Waals surface area (Å²) in [6.07, 6.45) is 4.02. The van der Waals surface area contributed by atoms with Crippen molar-refractivity contribution in [1.29, 1.82) is 0 Å². The fourth-order valence-electron chi connectivity index (χ4n) is 2.79. The van der Waals surface area contributed by atoms with Crippen molar-refractivity contribution in [3.63, 3.8) is 0 Å². The molecule has 0 radical (unpaired) electrons. The Morgan fingerprint density at radius 2 is 2.00 bits per heavy atom. The summed E-state index contributed by atoms with van der Waals surface area (Å²) in [5.74, 6) is 0.324. The fraction of sp³-hybridized carbons (Fsp3) is 0.333. The first-order chi connectivity index (χ1) is 11.2. The lowest BCUT2D eigenvalue weighted by Gasteiger charge is -2.19. The number of nitrogens with one attached hydrogen (secondary N) is 1. The van der Waals surface area contributed by atoms with E-state index >= 15 is 0 Å². The first kappa shape index (κ1) is 15.3. The monoisotopic (exact) mass is 311 g/mol. The van der Waals surface area contributed by atoms with Gasteiger partial charge in [-0.3, -0.25) is 4.79 Å². The van der Waals surface area contributed by atoms with Gasteiger partial charge in [-0.15, -0.1) is 0 Å². The number of nitrogens with zero attached hydrogens (tertiary/aromatic N) is 2. The lowest BCUT2D eigenvalue weighted by atomic mass is 10.1. The highest BCUT2D eigenvalue weighted by molar-refractivity contribution is 6.04. The number of ether oxygens (including phenoxy) is 1. The second-order valence-corrected chi connectivity index (χ2v) is 5.74. The molecule has 0 bridgehead atoms. The van der Waals surface area contributed by atoms with Gasteiger partial charge in [0.15, 0.2) is 0 Å². The summed E-state index contributed by atoms with van der Waals surface area (Å²) in [4.78, 5) is 18.7. The molecule has 1 N–H and O–H groups in total. The van der Waals surface area contributed by atoms with Gasteiger partial charge in [0.2, 0.25) is 5.88 Å². The molecule has 2 aromatic rings. The number of benzene rings is 1. The van der Waals surface area contributed by atoms with Crippen molar-refractivity contribution in [3.8, 4) is 5.88 Å². The first-order valence-electron chi connectivity index (χ1n) is 7.84. The molecule has 5 nitrogen and oxygen atoms in total. The predicted molar refractivity (Wildman–Crippen MR) is 91.4 cm³/mol. The van der Waals surface area contributed by atoms with E-state index in [1.54, 1.807) is 19.2 Å². The SMILES string of the molecule is COc1ccc(C(=O)Nc2ccc(N3CCCC3)cc2C)cn1. The molecule has 1 aliphatic heterocycles. The number of methoxy groups -OCH3 is 1. The van der Waals surface area contributed by atoms with E-state index in [9.17, 15) is 4.79 Å². The number of amides is 1. The third-order valence-corrected chi connectivity index (χ3v) is 4.14. The molecule has 1 amide bonds. The largest absolute Gasteiger partial charge is 0.481 e. The highest BCUT2D eigenvalue weighted by Crippen LogP contribution is 2.25. The van der Waals surface area contributed by atoms with E-state index in [-0.39, 0.29) is 5.91 Å². The van der Waals surface area contributed by atoms with Gasteiger partial charge in [-0.2, -0.15) is 0 Å². The highest BCUT2D eigenvalue weighted by Gasteiger charge is 2.14. The van der Waals surface area contributed by atoms with Crippen LogP contribution in [0.15, 0.2) is 36.5 Å². The van der Waals surface area contributed by atoms with Crippen molar-refractivity contribution in [2.75, 3.05) is 30.4 Å². The summed E-state index contributed by atoms with van der Waals surface area (Å²) in [6.45, 7) is 4.24. The second-order valence-electron chi connectivity index (χ2n) is 5.74. The number of hydrogen-bond acceptors (Lipinski definition) is 4. The van der Waals surface area contributed by atoms with Crippen LogP contribution in [0.5, 0.6) is 5.88 Å². The summed E-state index contributed by atoms with van der Waals surface area (Å²) in [5.41, 5.74) is 3.62. The van der Waals surface area contributed by atoms with Crippen LogP contribution >= 0.6 is 0 Å². The molecule has 0 unspecified atom stereocenters. The maximum absolute atomic E-state index is 12.3. The lowest BCUT2D eigenvalue weighted by Crippen LogP contribution is -2.18. The summed E-state index contributed by atoms with van der Waals surface area (Å²) in [5, 5.41) is 2.94. The molecule has 0 saturated carbocycles. The van der Waals surface area contributed by atoms with Crippen molar-refractivity contribution in [2.24, 2.45) is 0 Å². The van der Waals surface area contributed by atoms with Crippen molar-refractivity contribution >= 4 is 17.3 Å². The van der Waals surface area contributed by atoms with Crippen molar-refractivity contribution in [2.45, 2.75) is 19.8 Å². The van der Waals surface area contributed by atoms with Crippen LogP contribution in [0, 0.1) is 6.92 Å². The minimum Gasteiger partial charge on any atom is -0.481 e. The van der Waals surface area contributed by atoms with Gasteiger partial charge >= 0.3 is 0 Å². The van der Waals surface area contributed by atoms with Crippen LogP contribution in [0.2, 0.25) is 0 Å². The number of aryl methyl sites for hydroxylation is 1. The molecule has 0 spiro atoms. The lowest BCUT2D eigenvalue weighted by molar-refractivity contribution is 0.102. The maximum atomic E-state index is 12.3. The molecule has 1 aliphatic rings. The number of anilines is 2. The van der Waals surface area contributed by atoms with Gasteiger partial charge in [0.1, 0.15) is 0 Å². The van der Waals surface area contributed by atoms with Crippen molar-refractivity contribution in [1.82, 2.24) is 4.98 Å². The second kappa shape index (κ2) is 6.69. The summed E-state index contributed by atoms with van der Waals surface area (Å²) < 4.78 is 5.00. The van der Waals surface area contributed by atoms with Gasteiger partial charge in [-0.1, -0.05) is 0 Å². The van der Waals surface area contributed by atoms with Gasteiger partial charge in [0, 0.05) is 36.7 Å². The Morgan fingerprint density at radius 1 is 1.22 bits per heavy atom. The Balaban J connectivity index is 1.72. The average Bonchev–Trinajstić information content (AvgIpc) is 3.11. The van der Waals surface area contributed by atoms with E-state index in [4.69, 9.17) is 4.74 Å². The fourth-order valence-corrected chi connectivity index (χ4v) is 2.79. The van der Waals surface area contributed by atoms with E-state index in [0.29, 0.717) is 11.4 Å². The molecule has 23 heavy (non-hydrogen) atoms. The molecule has 3 rings (SSSR count). The molecular formula is C18H21N3O2. The van der Waals surface area contributed by atoms with Crippen molar-refractivity contribution in [3.05, 3.63) is 47.7 Å². The van der Waals surface area contributed by atoms with Crippen LogP contribution in [0.4, 0.5) is 11.4 Å². The van der Waals surface area contributed by atoms with Crippen LogP contribution in [0.3, 0.4) is 0 Å². The number of aromatic nitrogens is 1. The summed E-state index contributed by atoms with van der Waals surface area (Å²) in [6, 6.07) is 9.55. The number of rotatable bonds is 4. The Hall–Kier alpha value is -2.56. The molecule has 1 aromatic heterocycles. The van der Waals surface area contributed by atoms with E-state index in [1.807, 2.05) is 13.0 Å². The normalized spacial score (nSPS) is 13.9. The zero-order valence-electron chi connectivity index (χ0n) is 13.5. The molecule has 2 heterocycles.